The van der Waals surface area contributed by atoms with E-state index in [-0.39, 0.29) is 5.69 Å². The molecule has 88 valence electrons. The van der Waals surface area contributed by atoms with Crippen molar-refractivity contribution in [2.75, 3.05) is 7.11 Å². The molecule has 0 aliphatic heterocycles. The Kier molecular flexibility index (Phi) is 4.23. The Morgan fingerprint density at radius 1 is 1.56 bits per heavy atom. The van der Waals surface area contributed by atoms with Crippen LogP contribution in [0.15, 0.2) is 12.3 Å². The fourth-order valence-corrected chi connectivity index (χ4v) is 1.47. The first-order valence-corrected chi connectivity index (χ1v) is 4.91. The van der Waals surface area contributed by atoms with Gasteiger partial charge in [0.1, 0.15) is 6.10 Å². The molecule has 0 radical (unpaired) electrons. The molecule has 2 atom stereocenters. The number of hydrogen-bond donors (Lipinski definition) is 2. The van der Waals surface area contributed by atoms with Crippen molar-refractivity contribution < 1.29 is 19.7 Å². The summed E-state index contributed by atoms with van der Waals surface area (Å²) in [7, 11) is 1.13. The Hall–Kier alpha value is -1.17. The van der Waals surface area contributed by atoms with Gasteiger partial charge in [-0.1, -0.05) is 11.6 Å². The van der Waals surface area contributed by atoms with E-state index in [1.165, 1.54) is 6.20 Å². The normalized spacial score (nSPS) is 14.3. The number of carbonyl (C=O) groups is 1. The zero-order valence-electron chi connectivity index (χ0n) is 8.85. The van der Waals surface area contributed by atoms with Crippen LogP contribution < -0.4 is 0 Å². The van der Waals surface area contributed by atoms with Gasteiger partial charge in [0, 0.05) is 6.20 Å². The number of aromatic nitrogens is 1. The van der Waals surface area contributed by atoms with Crippen LogP contribution in [0.5, 0.6) is 0 Å². The maximum Gasteiger partial charge on any atom is 0.337 e. The first-order valence-electron chi connectivity index (χ1n) is 4.53. The quantitative estimate of drug-likeness (QED) is 0.763. The van der Waals surface area contributed by atoms with Crippen LogP contribution in [0, 0.1) is 6.92 Å². The third-order valence-corrected chi connectivity index (χ3v) is 2.31. The molecule has 0 amide bonds. The van der Waals surface area contributed by atoms with Crippen LogP contribution in [-0.4, -0.2) is 34.4 Å². The number of hydrogen-bond acceptors (Lipinski definition) is 5. The molecule has 1 rings (SSSR count). The summed E-state index contributed by atoms with van der Waals surface area (Å²) in [4.78, 5) is 14.9. The second-order valence-electron chi connectivity index (χ2n) is 3.27. The SMILES string of the molecule is COC(=O)C(O)C(O)c1ncc(Cl)cc1C. The Labute approximate surface area is 97.6 Å². The summed E-state index contributed by atoms with van der Waals surface area (Å²) in [6.07, 6.45) is -1.75. The lowest BCUT2D eigenvalue weighted by molar-refractivity contribution is -0.157. The predicted octanol–water partition coefficient (Wildman–Crippen LogP) is 0.611. The molecule has 1 aromatic heterocycles. The minimum atomic E-state index is -1.66. The van der Waals surface area contributed by atoms with Crippen LogP contribution in [-0.2, 0) is 9.53 Å². The number of halogens is 1. The number of esters is 1. The zero-order valence-corrected chi connectivity index (χ0v) is 9.60. The first-order chi connectivity index (χ1) is 7.47. The molecule has 6 heteroatoms. The number of aryl methyl sites for hydroxylation is 1. The van der Waals surface area contributed by atoms with E-state index in [0.717, 1.165) is 7.11 Å². The van der Waals surface area contributed by atoms with Crippen LogP contribution in [0.4, 0.5) is 0 Å². The van der Waals surface area contributed by atoms with Crippen LogP contribution in [0.25, 0.3) is 0 Å². The van der Waals surface area contributed by atoms with Crippen molar-refractivity contribution in [3.63, 3.8) is 0 Å². The van der Waals surface area contributed by atoms with Crippen LogP contribution in [0.1, 0.15) is 17.4 Å². The number of ether oxygens (including phenoxy) is 1. The van der Waals surface area contributed by atoms with E-state index < -0.39 is 18.2 Å². The lowest BCUT2D eigenvalue weighted by Crippen LogP contribution is -2.30. The summed E-state index contributed by atoms with van der Waals surface area (Å²) >= 11 is 5.69. The number of pyridine rings is 1. The minimum Gasteiger partial charge on any atom is -0.467 e. The average Bonchev–Trinajstić information content (AvgIpc) is 2.26. The Morgan fingerprint density at radius 3 is 2.69 bits per heavy atom. The van der Waals surface area contributed by atoms with Crippen molar-refractivity contribution in [1.82, 2.24) is 4.98 Å². The second-order valence-corrected chi connectivity index (χ2v) is 3.70. The first kappa shape index (κ1) is 12.9. The maximum absolute atomic E-state index is 11.0. The van der Waals surface area contributed by atoms with Crippen molar-refractivity contribution in [3.05, 3.63) is 28.5 Å². The topological polar surface area (TPSA) is 79.7 Å². The predicted molar refractivity (Wildman–Crippen MR) is 57.0 cm³/mol. The molecule has 0 bridgehead atoms. The second kappa shape index (κ2) is 5.25. The van der Waals surface area contributed by atoms with Gasteiger partial charge in [-0.2, -0.15) is 0 Å². The van der Waals surface area contributed by atoms with Gasteiger partial charge in [0.15, 0.2) is 6.10 Å². The number of nitrogens with zero attached hydrogens (tertiary/aromatic N) is 1. The lowest BCUT2D eigenvalue weighted by Gasteiger charge is -2.16. The molecular weight excluding hydrogens is 234 g/mol. The van der Waals surface area contributed by atoms with Gasteiger partial charge in [0.2, 0.25) is 0 Å². The van der Waals surface area contributed by atoms with Crippen molar-refractivity contribution in [3.8, 4) is 0 Å². The summed E-state index contributed by atoms with van der Waals surface area (Å²) in [5.74, 6) is -0.913. The molecule has 2 unspecified atom stereocenters. The zero-order chi connectivity index (χ0) is 12.3. The number of carbonyl (C=O) groups excluding carboxylic acids is 1. The highest BCUT2D eigenvalue weighted by atomic mass is 35.5. The van der Waals surface area contributed by atoms with Gasteiger partial charge in [-0.05, 0) is 18.6 Å². The van der Waals surface area contributed by atoms with Crippen molar-refractivity contribution in [2.45, 2.75) is 19.1 Å². The molecule has 0 aliphatic rings. The van der Waals surface area contributed by atoms with E-state index in [2.05, 4.69) is 9.72 Å². The van der Waals surface area contributed by atoms with Crippen molar-refractivity contribution in [1.29, 1.82) is 0 Å². The van der Waals surface area contributed by atoms with Gasteiger partial charge in [0.25, 0.3) is 0 Å². The Bertz CT molecular complexity index is 396. The largest absolute Gasteiger partial charge is 0.467 e. The van der Waals surface area contributed by atoms with Gasteiger partial charge < -0.3 is 14.9 Å². The van der Waals surface area contributed by atoms with Crippen LogP contribution in [0.2, 0.25) is 5.02 Å². The van der Waals surface area contributed by atoms with E-state index in [0.29, 0.717) is 10.6 Å². The third kappa shape index (κ3) is 2.69. The maximum atomic E-state index is 11.0. The van der Waals surface area contributed by atoms with E-state index in [4.69, 9.17) is 11.6 Å². The Balaban J connectivity index is 2.96. The van der Waals surface area contributed by atoms with E-state index in [1.54, 1.807) is 13.0 Å². The molecule has 0 saturated heterocycles. The molecule has 0 fully saturated rings. The molecule has 1 aromatic rings. The molecule has 0 aromatic carbocycles. The van der Waals surface area contributed by atoms with Crippen molar-refractivity contribution in [2.24, 2.45) is 0 Å². The minimum absolute atomic E-state index is 0.197. The number of rotatable bonds is 3. The van der Waals surface area contributed by atoms with Gasteiger partial charge in [-0.25, -0.2) is 4.79 Å². The highest BCUT2D eigenvalue weighted by Gasteiger charge is 2.28. The van der Waals surface area contributed by atoms with Crippen LogP contribution >= 0.6 is 11.6 Å². The fraction of sp³-hybridized carbons (Fsp3) is 0.400. The number of methoxy groups -OCH3 is 1. The summed E-state index contributed by atoms with van der Waals surface area (Å²) in [5.41, 5.74) is 0.783. The highest BCUT2D eigenvalue weighted by molar-refractivity contribution is 6.30. The molecule has 16 heavy (non-hydrogen) atoms. The highest BCUT2D eigenvalue weighted by Crippen LogP contribution is 2.21. The monoisotopic (exact) mass is 245 g/mol. The number of aliphatic hydroxyl groups is 2. The standard InChI is InChI=1S/C10H12ClNO4/c1-5-3-6(11)4-12-7(5)8(13)9(14)10(15)16-2/h3-4,8-9,13-14H,1-2H3. The molecule has 2 N–H and O–H groups in total. The van der Waals surface area contributed by atoms with Gasteiger partial charge >= 0.3 is 5.97 Å². The summed E-state index contributed by atoms with van der Waals surface area (Å²) < 4.78 is 4.32. The molecular formula is C10H12ClNO4. The molecule has 0 aliphatic carbocycles. The summed E-state index contributed by atoms with van der Waals surface area (Å²) in [6.45, 7) is 1.67. The van der Waals surface area contributed by atoms with E-state index >= 15 is 0 Å². The van der Waals surface area contributed by atoms with E-state index in [1.807, 2.05) is 0 Å². The fourth-order valence-electron chi connectivity index (χ4n) is 1.26. The van der Waals surface area contributed by atoms with Crippen molar-refractivity contribution >= 4 is 17.6 Å². The molecule has 1 heterocycles. The van der Waals surface area contributed by atoms with Gasteiger partial charge in [-0.15, -0.1) is 0 Å². The van der Waals surface area contributed by atoms with Gasteiger partial charge in [0.05, 0.1) is 17.8 Å². The molecule has 0 saturated carbocycles. The summed E-state index contributed by atoms with van der Waals surface area (Å²) in [5, 5.41) is 19.6. The molecule has 0 spiro atoms. The van der Waals surface area contributed by atoms with Gasteiger partial charge in [-0.3, -0.25) is 4.98 Å². The number of aliphatic hydroxyl groups excluding tert-OH is 2. The third-order valence-electron chi connectivity index (χ3n) is 2.11. The lowest BCUT2D eigenvalue weighted by atomic mass is 10.1. The average molecular weight is 246 g/mol. The molecule has 5 nitrogen and oxygen atoms in total. The summed E-state index contributed by atoms with van der Waals surface area (Å²) in [6, 6.07) is 1.58. The van der Waals surface area contributed by atoms with Crippen LogP contribution in [0.3, 0.4) is 0 Å². The smallest absolute Gasteiger partial charge is 0.337 e. The Morgan fingerprint density at radius 2 is 2.19 bits per heavy atom. The van der Waals surface area contributed by atoms with E-state index in [9.17, 15) is 15.0 Å².